The maximum Gasteiger partial charge on any atom is 0.203 e. The second kappa shape index (κ2) is 4.99. The SMILES string of the molecule is C=CCNc1nc(C)cn1Cc1ccsc1. The van der Waals surface area contributed by atoms with Crippen molar-refractivity contribution in [2.24, 2.45) is 0 Å². The number of hydrogen-bond donors (Lipinski definition) is 1. The van der Waals surface area contributed by atoms with Gasteiger partial charge in [-0.1, -0.05) is 6.08 Å². The van der Waals surface area contributed by atoms with Gasteiger partial charge in [0.15, 0.2) is 0 Å². The number of nitrogens with one attached hydrogen (secondary N) is 1. The molecule has 0 atom stereocenters. The van der Waals surface area contributed by atoms with Crippen LogP contribution >= 0.6 is 11.3 Å². The molecule has 0 spiro atoms. The van der Waals surface area contributed by atoms with E-state index >= 15 is 0 Å². The van der Waals surface area contributed by atoms with Crippen molar-refractivity contribution in [1.29, 1.82) is 0 Å². The van der Waals surface area contributed by atoms with Crippen LogP contribution in [0.1, 0.15) is 11.3 Å². The summed E-state index contributed by atoms with van der Waals surface area (Å²) in [6.45, 7) is 7.29. The monoisotopic (exact) mass is 233 g/mol. The Hall–Kier alpha value is -1.55. The Kier molecular flexibility index (Phi) is 3.41. The summed E-state index contributed by atoms with van der Waals surface area (Å²) < 4.78 is 2.13. The molecule has 84 valence electrons. The smallest absolute Gasteiger partial charge is 0.203 e. The van der Waals surface area contributed by atoms with Crippen LogP contribution in [0, 0.1) is 6.92 Å². The van der Waals surface area contributed by atoms with Gasteiger partial charge in [0.25, 0.3) is 0 Å². The minimum atomic E-state index is 0.736. The van der Waals surface area contributed by atoms with E-state index in [-0.39, 0.29) is 0 Å². The van der Waals surface area contributed by atoms with Crippen molar-refractivity contribution >= 4 is 17.3 Å². The fourth-order valence-electron chi connectivity index (χ4n) is 1.55. The Balaban J connectivity index is 2.15. The van der Waals surface area contributed by atoms with E-state index in [4.69, 9.17) is 0 Å². The lowest BCUT2D eigenvalue weighted by Crippen LogP contribution is -2.07. The van der Waals surface area contributed by atoms with Crippen molar-refractivity contribution in [3.63, 3.8) is 0 Å². The second-order valence-electron chi connectivity index (χ2n) is 3.63. The molecular formula is C12H15N3S. The molecule has 2 aromatic heterocycles. The second-order valence-corrected chi connectivity index (χ2v) is 4.41. The number of anilines is 1. The van der Waals surface area contributed by atoms with Gasteiger partial charge in [-0.05, 0) is 29.3 Å². The van der Waals surface area contributed by atoms with Gasteiger partial charge in [0.2, 0.25) is 5.95 Å². The van der Waals surface area contributed by atoms with E-state index in [9.17, 15) is 0 Å². The highest BCUT2D eigenvalue weighted by atomic mass is 32.1. The standard InChI is InChI=1S/C12H15N3S/c1-3-5-13-12-14-10(2)7-15(12)8-11-4-6-16-9-11/h3-4,6-7,9H,1,5,8H2,2H3,(H,13,14). The molecule has 0 unspecified atom stereocenters. The first-order valence-electron chi connectivity index (χ1n) is 5.19. The van der Waals surface area contributed by atoms with Crippen LogP contribution in [0.15, 0.2) is 35.7 Å². The van der Waals surface area contributed by atoms with Crippen molar-refractivity contribution in [1.82, 2.24) is 9.55 Å². The lowest BCUT2D eigenvalue weighted by atomic mass is 10.3. The number of nitrogens with zero attached hydrogens (tertiary/aromatic N) is 2. The van der Waals surface area contributed by atoms with Gasteiger partial charge < -0.3 is 9.88 Å². The molecule has 0 fully saturated rings. The van der Waals surface area contributed by atoms with Crippen molar-refractivity contribution in [3.8, 4) is 0 Å². The van der Waals surface area contributed by atoms with Crippen LogP contribution in [0.2, 0.25) is 0 Å². The average molecular weight is 233 g/mol. The third-order valence-electron chi connectivity index (χ3n) is 2.23. The predicted octanol–water partition coefficient (Wildman–Crippen LogP) is 2.90. The normalized spacial score (nSPS) is 10.3. The van der Waals surface area contributed by atoms with Gasteiger partial charge in [0.1, 0.15) is 0 Å². The Morgan fingerprint density at radius 3 is 3.19 bits per heavy atom. The van der Waals surface area contributed by atoms with E-state index in [0.717, 1.165) is 24.7 Å². The molecule has 1 N–H and O–H groups in total. The lowest BCUT2D eigenvalue weighted by molar-refractivity contribution is 0.804. The number of aromatic nitrogens is 2. The highest BCUT2D eigenvalue weighted by molar-refractivity contribution is 7.07. The first-order valence-corrected chi connectivity index (χ1v) is 6.13. The molecule has 4 heteroatoms. The van der Waals surface area contributed by atoms with Gasteiger partial charge in [-0.25, -0.2) is 4.98 Å². The van der Waals surface area contributed by atoms with E-state index in [2.05, 4.69) is 44.5 Å². The van der Waals surface area contributed by atoms with Crippen LogP contribution in [0.4, 0.5) is 5.95 Å². The van der Waals surface area contributed by atoms with Crippen LogP contribution in [0.25, 0.3) is 0 Å². The molecule has 0 saturated carbocycles. The molecular weight excluding hydrogens is 218 g/mol. The molecule has 2 rings (SSSR count). The molecule has 16 heavy (non-hydrogen) atoms. The Morgan fingerprint density at radius 2 is 2.50 bits per heavy atom. The molecule has 0 aliphatic heterocycles. The summed E-state index contributed by atoms with van der Waals surface area (Å²) in [6, 6.07) is 2.14. The van der Waals surface area contributed by atoms with Crippen LogP contribution in [0.5, 0.6) is 0 Å². The van der Waals surface area contributed by atoms with E-state index in [1.165, 1.54) is 5.56 Å². The summed E-state index contributed by atoms with van der Waals surface area (Å²) in [5.41, 5.74) is 2.34. The molecule has 0 aliphatic carbocycles. The van der Waals surface area contributed by atoms with Crippen molar-refractivity contribution < 1.29 is 0 Å². The third-order valence-corrected chi connectivity index (χ3v) is 2.97. The van der Waals surface area contributed by atoms with Gasteiger partial charge in [-0.3, -0.25) is 0 Å². The third kappa shape index (κ3) is 2.52. The van der Waals surface area contributed by atoms with Gasteiger partial charge >= 0.3 is 0 Å². The summed E-state index contributed by atoms with van der Waals surface area (Å²) >= 11 is 1.72. The zero-order chi connectivity index (χ0) is 11.4. The topological polar surface area (TPSA) is 29.9 Å². The van der Waals surface area contributed by atoms with Crippen molar-refractivity contribution in [3.05, 3.63) is 46.9 Å². The quantitative estimate of drug-likeness (QED) is 0.805. The van der Waals surface area contributed by atoms with Crippen molar-refractivity contribution in [2.75, 3.05) is 11.9 Å². The molecule has 0 radical (unpaired) electrons. The van der Waals surface area contributed by atoms with Gasteiger partial charge in [-0.15, -0.1) is 6.58 Å². The highest BCUT2D eigenvalue weighted by Crippen LogP contribution is 2.13. The predicted molar refractivity (Wildman–Crippen MR) is 69.1 cm³/mol. The summed E-state index contributed by atoms with van der Waals surface area (Å²) in [6.07, 6.45) is 3.89. The molecule has 0 aromatic carbocycles. The van der Waals surface area contributed by atoms with Crippen LogP contribution in [-0.2, 0) is 6.54 Å². The molecule has 0 aliphatic rings. The number of imidazole rings is 1. The molecule has 2 heterocycles. The zero-order valence-electron chi connectivity index (χ0n) is 9.31. The summed E-state index contributed by atoms with van der Waals surface area (Å²) in [5.74, 6) is 0.906. The van der Waals surface area contributed by atoms with Crippen LogP contribution in [0.3, 0.4) is 0 Å². The van der Waals surface area contributed by atoms with Gasteiger partial charge in [-0.2, -0.15) is 11.3 Å². The molecule has 0 bridgehead atoms. The van der Waals surface area contributed by atoms with E-state index in [1.54, 1.807) is 11.3 Å². The fraction of sp³-hybridized carbons (Fsp3) is 0.250. The van der Waals surface area contributed by atoms with Gasteiger partial charge in [0, 0.05) is 12.7 Å². The minimum Gasteiger partial charge on any atom is -0.352 e. The molecule has 0 saturated heterocycles. The van der Waals surface area contributed by atoms with Gasteiger partial charge in [0.05, 0.1) is 12.2 Å². The first kappa shape index (κ1) is 11.0. The molecule has 3 nitrogen and oxygen atoms in total. The maximum atomic E-state index is 4.44. The fourth-order valence-corrected chi connectivity index (χ4v) is 2.21. The summed E-state index contributed by atoms with van der Waals surface area (Å²) in [7, 11) is 0. The van der Waals surface area contributed by atoms with E-state index < -0.39 is 0 Å². The van der Waals surface area contributed by atoms with Crippen molar-refractivity contribution in [2.45, 2.75) is 13.5 Å². The van der Waals surface area contributed by atoms with E-state index in [1.807, 2.05) is 13.0 Å². The number of aryl methyl sites for hydroxylation is 1. The minimum absolute atomic E-state index is 0.736. The van der Waals surface area contributed by atoms with Crippen LogP contribution < -0.4 is 5.32 Å². The number of hydrogen-bond acceptors (Lipinski definition) is 3. The Labute approximate surface area is 99.5 Å². The Morgan fingerprint density at radius 1 is 1.62 bits per heavy atom. The first-order chi connectivity index (χ1) is 7.79. The largest absolute Gasteiger partial charge is 0.352 e. The zero-order valence-corrected chi connectivity index (χ0v) is 10.1. The highest BCUT2D eigenvalue weighted by Gasteiger charge is 2.05. The number of thiophene rings is 1. The van der Waals surface area contributed by atoms with Crippen LogP contribution in [-0.4, -0.2) is 16.1 Å². The molecule has 0 amide bonds. The Bertz CT molecular complexity index is 457. The average Bonchev–Trinajstić information content (AvgIpc) is 2.86. The maximum absolute atomic E-state index is 4.44. The van der Waals surface area contributed by atoms with E-state index in [0.29, 0.717) is 0 Å². The number of rotatable bonds is 5. The molecule has 2 aromatic rings. The lowest BCUT2D eigenvalue weighted by Gasteiger charge is -2.06. The summed E-state index contributed by atoms with van der Waals surface area (Å²) in [5, 5.41) is 7.49. The summed E-state index contributed by atoms with van der Waals surface area (Å²) in [4.78, 5) is 4.44.